The maximum atomic E-state index is 12.6. The number of nitrogens with zero attached hydrogens (tertiary/aromatic N) is 1. The van der Waals surface area contributed by atoms with Gasteiger partial charge in [0.05, 0.1) is 6.42 Å². The highest BCUT2D eigenvalue weighted by Crippen LogP contribution is 2.33. The smallest absolute Gasteiger partial charge is 0.305 e. The number of unbranched alkanes of at least 4 members (excludes halogenated alkanes) is 1. The van der Waals surface area contributed by atoms with E-state index >= 15 is 0 Å². The van der Waals surface area contributed by atoms with Gasteiger partial charge in [0.25, 0.3) is 0 Å². The lowest BCUT2D eigenvalue weighted by Crippen LogP contribution is -2.43. The molecule has 0 bridgehead atoms. The molecule has 0 spiro atoms. The van der Waals surface area contributed by atoms with Crippen molar-refractivity contribution >= 4 is 11.9 Å². The zero-order valence-corrected chi connectivity index (χ0v) is 13.8. The molecule has 0 aromatic heterocycles. The first-order chi connectivity index (χ1) is 9.99. The topological polar surface area (TPSA) is 57.6 Å². The van der Waals surface area contributed by atoms with Crippen molar-refractivity contribution in [3.63, 3.8) is 0 Å². The lowest BCUT2D eigenvalue weighted by molar-refractivity contribution is -0.142. The summed E-state index contributed by atoms with van der Waals surface area (Å²) in [6, 6.07) is -0.210. The first kappa shape index (κ1) is 18.0. The average Bonchev–Trinajstić information content (AvgIpc) is 2.45. The Balaban J connectivity index is 2.49. The molecule has 1 fully saturated rings. The van der Waals surface area contributed by atoms with E-state index in [0.717, 1.165) is 31.6 Å². The van der Waals surface area contributed by atoms with E-state index in [0.29, 0.717) is 6.54 Å². The Morgan fingerprint density at radius 1 is 1.19 bits per heavy atom. The Labute approximate surface area is 128 Å². The Bertz CT molecular complexity index is 335. The van der Waals surface area contributed by atoms with Crippen LogP contribution in [0.3, 0.4) is 0 Å². The molecule has 1 rings (SSSR count). The van der Waals surface area contributed by atoms with Crippen molar-refractivity contribution in [2.45, 2.75) is 78.2 Å². The molecule has 1 aliphatic carbocycles. The van der Waals surface area contributed by atoms with Gasteiger partial charge in [0.2, 0.25) is 5.91 Å². The van der Waals surface area contributed by atoms with Gasteiger partial charge in [0.15, 0.2) is 0 Å². The molecular formula is C17H31NO3. The number of amides is 1. The Hall–Kier alpha value is -1.06. The molecule has 1 N–H and O–H groups in total. The van der Waals surface area contributed by atoms with Crippen LogP contribution < -0.4 is 0 Å². The van der Waals surface area contributed by atoms with Crippen LogP contribution in [0, 0.1) is 11.8 Å². The van der Waals surface area contributed by atoms with Crippen molar-refractivity contribution < 1.29 is 14.7 Å². The van der Waals surface area contributed by atoms with Crippen molar-refractivity contribution in [2.24, 2.45) is 11.8 Å². The fourth-order valence-electron chi connectivity index (χ4n) is 3.47. The summed E-state index contributed by atoms with van der Waals surface area (Å²) in [6.45, 7) is 6.59. The number of hydrogen-bond donors (Lipinski definition) is 1. The van der Waals surface area contributed by atoms with E-state index in [1.54, 1.807) is 4.90 Å². The van der Waals surface area contributed by atoms with Gasteiger partial charge in [-0.15, -0.1) is 0 Å². The molecule has 21 heavy (non-hydrogen) atoms. The lowest BCUT2D eigenvalue weighted by atomic mass is 9.79. The molecular weight excluding hydrogens is 266 g/mol. The fourth-order valence-corrected chi connectivity index (χ4v) is 3.47. The summed E-state index contributed by atoms with van der Waals surface area (Å²) in [4.78, 5) is 25.2. The second-order valence-corrected chi connectivity index (χ2v) is 6.43. The number of hydrogen-bond acceptors (Lipinski definition) is 2. The maximum absolute atomic E-state index is 12.6. The minimum absolute atomic E-state index is 0.0332. The third-order valence-corrected chi connectivity index (χ3v) is 4.79. The SMILES string of the molecule is CCCCC1CCC(C(=O)N(CC)C(C)CC(=O)O)CC1. The molecule has 1 unspecified atom stereocenters. The van der Waals surface area contributed by atoms with Gasteiger partial charge in [0.1, 0.15) is 0 Å². The molecule has 0 aromatic carbocycles. The van der Waals surface area contributed by atoms with Crippen molar-refractivity contribution in [2.75, 3.05) is 6.54 Å². The summed E-state index contributed by atoms with van der Waals surface area (Å²) < 4.78 is 0. The highest BCUT2D eigenvalue weighted by Gasteiger charge is 2.31. The van der Waals surface area contributed by atoms with Crippen molar-refractivity contribution in [3.8, 4) is 0 Å². The van der Waals surface area contributed by atoms with Crippen LogP contribution in [-0.4, -0.2) is 34.5 Å². The number of carbonyl (C=O) groups excluding carboxylic acids is 1. The summed E-state index contributed by atoms with van der Waals surface area (Å²) in [5, 5.41) is 8.90. The molecule has 0 saturated heterocycles. The number of carbonyl (C=O) groups is 2. The summed E-state index contributed by atoms with van der Waals surface area (Å²) in [7, 11) is 0. The van der Waals surface area contributed by atoms with Gasteiger partial charge in [-0.1, -0.05) is 26.2 Å². The summed E-state index contributed by atoms with van der Waals surface area (Å²) in [5.41, 5.74) is 0. The van der Waals surface area contributed by atoms with Crippen LogP contribution in [0.5, 0.6) is 0 Å². The predicted octanol–water partition coefficient (Wildman–Crippen LogP) is 3.69. The van der Waals surface area contributed by atoms with E-state index in [1.807, 2.05) is 13.8 Å². The van der Waals surface area contributed by atoms with Crippen molar-refractivity contribution in [1.82, 2.24) is 4.90 Å². The first-order valence-electron chi connectivity index (χ1n) is 8.51. The van der Waals surface area contributed by atoms with Gasteiger partial charge in [-0.3, -0.25) is 9.59 Å². The number of carboxylic acids is 1. The zero-order valence-electron chi connectivity index (χ0n) is 13.8. The Morgan fingerprint density at radius 3 is 2.29 bits per heavy atom. The van der Waals surface area contributed by atoms with E-state index in [2.05, 4.69) is 6.92 Å². The lowest BCUT2D eigenvalue weighted by Gasteiger charge is -2.34. The molecule has 1 atom stereocenters. The summed E-state index contributed by atoms with van der Waals surface area (Å²) in [5.74, 6) is 0.233. The molecule has 0 aromatic rings. The molecule has 1 saturated carbocycles. The van der Waals surface area contributed by atoms with Gasteiger partial charge in [0, 0.05) is 18.5 Å². The van der Waals surface area contributed by atoms with E-state index < -0.39 is 5.97 Å². The quantitative estimate of drug-likeness (QED) is 0.743. The van der Waals surface area contributed by atoms with Crippen LogP contribution in [0.15, 0.2) is 0 Å². The first-order valence-corrected chi connectivity index (χ1v) is 8.51. The zero-order chi connectivity index (χ0) is 15.8. The van der Waals surface area contributed by atoms with E-state index in [-0.39, 0.29) is 24.3 Å². The van der Waals surface area contributed by atoms with Crippen molar-refractivity contribution in [3.05, 3.63) is 0 Å². The van der Waals surface area contributed by atoms with Crippen LogP contribution in [0.1, 0.15) is 72.1 Å². The van der Waals surface area contributed by atoms with Crippen LogP contribution >= 0.6 is 0 Å². The summed E-state index contributed by atoms with van der Waals surface area (Å²) >= 11 is 0. The standard InChI is InChI=1S/C17H31NO3/c1-4-6-7-14-8-10-15(11-9-14)17(21)18(5-2)13(3)12-16(19)20/h13-15H,4-12H2,1-3H3,(H,19,20). The number of rotatable bonds is 8. The third kappa shape index (κ3) is 5.68. The molecule has 1 amide bonds. The normalized spacial score (nSPS) is 23.6. The molecule has 0 heterocycles. The molecule has 122 valence electrons. The van der Waals surface area contributed by atoms with Gasteiger partial charge < -0.3 is 10.0 Å². The van der Waals surface area contributed by atoms with Crippen LogP contribution in [0.4, 0.5) is 0 Å². The number of aliphatic carboxylic acids is 1. The second-order valence-electron chi connectivity index (χ2n) is 6.43. The fraction of sp³-hybridized carbons (Fsp3) is 0.882. The highest BCUT2D eigenvalue weighted by atomic mass is 16.4. The van der Waals surface area contributed by atoms with Gasteiger partial charge in [-0.25, -0.2) is 0 Å². The van der Waals surface area contributed by atoms with E-state index in [9.17, 15) is 9.59 Å². The second kappa shape index (κ2) is 9.06. The highest BCUT2D eigenvalue weighted by molar-refractivity contribution is 5.80. The maximum Gasteiger partial charge on any atom is 0.305 e. The van der Waals surface area contributed by atoms with Gasteiger partial charge >= 0.3 is 5.97 Å². The number of carboxylic acid groups (broad SMARTS) is 1. The van der Waals surface area contributed by atoms with Crippen LogP contribution in [0.2, 0.25) is 0 Å². The third-order valence-electron chi connectivity index (χ3n) is 4.79. The van der Waals surface area contributed by atoms with Gasteiger partial charge in [-0.2, -0.15) is 0 Å². The van der Waals surface area contributed by atoms with Crippen LogP contribution in [0.25, 0.3) is 0 Å². The Kier molecular flexibility index (Phi) is 7.76. The van der Waals surface area contributed by atoms with E-state index in [1.165, 1.54) is 19.3 Å². The minimum atomic E-state index is -0.836. The molecule has 0 aliphatic heterocycles. The van der Waals surface area contributed by atoms with Crippen LogP contribution in [-0.2, 0) is 9.59 Å². The van der Waals surface area contributed by atoms with Crippen molar-refractivity contribution in [1.29, 1.82) is 0 Å². The largest absolute Gasteiger partial charge is 0.481 e. The monoisotopic (exact) mass is 297 g/mol. The summed E-state index contributed by atoms with van der Waals surface area (Å²) in [6.07, 6.45) is 8.13. The minimum Gasteiger partial charge on any atom is -0.481 e. The van der Waals surface area contributed by atoms with Gasteiger partial charge in [-0.05, 0) is 45.4 Å². The average molecular weight is 297 g/mol. The van der Waals surface area contributed by atoms with E-state index in [4.69, 9.17) is 5.11 Å². The molecule has 4 heteroatoms. The molecule has 0 radical (unpaired) electrons. The molecule has 1 aliphatic rings. The predicted molar refractivity (Wildman–Crippen MR) is 84.1 cm³/mol. The Morgan fingerprint density at radius 2 is 1.81 bits per heavy atom. The molecule has 4 nitrogen and oxygen atoms in total.